The molecule has 0 aliphatic rings. The Hall–Kier alpha value is -1.77. The monoisotopic (exact) mass is 264 g/mol. The lowest BCUT2D eigenvalue weighted by atomic mass is 10.2. The summed E-state index contributed by atoms with van der Waals surface area (Å²) in [7, 11) is 0. The molecule has 0 atom stereocenters. The van der Waals surface area contributed by atoms with Crippen LogP contribution in [0.4, 0.5) is 22.7 Å². The zero-order valence-corrected chi connectivity index (χ0v) is 8.81. The minimum atomic E-state index is -4.64. The molecule has 2 N–H and O–H groups in total. The molecule has 0 saturated heterocycles. The second-order valence-corrected chi connectivity index (χ2v) is 3.79. The summed E-state index contributed by atoms with van der Waals surface area (Å²) >= 11 is 0.805. The topological polar surface area (TPSA) is 64.7 Å². The van der Waals surface area contributed by atoms with E-state index in [2.05, 4.69) is 14.3 Å². The molecule has 9 heteroatoms. The van der Waals surface area contributed by atoms with Crippen LogP contribution in [-0.4, -0.2) is 14.3 Å². The molecule has 0 fully saturated rings. The number of nitrogen functional groups attached to an aromatic ring is 1. The molecule has 2 heterocycles. The highest BCUT2D eigenvalue weighted by molar-refractivity contribution is 7.09. The lowest BCUT2D eigenvalue weighted by Gasteiger charge is -2.06. The molecular formula is C8H4F4N4S. The van der Waals surface area contributed by atoms with Crippen LogP contribution in [0.15, 0.2) is 12.3 Å². The predicted molar refractivity (Wildman–Crippen MR) is 52.5 cm³/mol. The maximum atomic E-state index is 13.4. The van der Waals surface area contributed by atoms with E-state index in [0.29, 0.717) is 12.3 Å². The van der Waals surface area contributed by atoms with E-state index in [1.807, 2.05) is 0 Å². The van der Waals surface area contributed by atoms with Crippen LogP contribution in [0.1, 0.15) is 5.56 Å². The number of aromatic nitrogens is 3. The average Bonchev–Trinajstić information content (AvgIpc) is 2.63. The van der Waals surface area contributed by atoms with Crippen LogP contribution in [-0.2, 0) is 6.18 Å². The van der Waals surface area contributed by atoms with Crippen molar-refractivity contribution < 1.29 is 17.6 Å². The van der Waals surface area contributed by atoms with E-state index in [4.69, 9.17) is 5.73 Å². The lowest BCUT2D eigenvalue weighted by molar-refractivity contribution is -0.138. The Morgan fingerprint density at radius 2 is 2.00 bits per heavy atom. The van der Waals surface area contributed by atoms with Crippen molar-refractivity contribution in [1.82, 2.24) is 14.3 Å². The fourth-order valence-electron chi connectivity index (χ4n) is 1.09. The van der Waals surface area contributed by atoms with E-state index in [0.717, 1.165) is 11.5 Å². The normalized spacial score (nSPS) is 11.8. The van der Waals surface area contributed by atoms with Gasteiger partial charge in [-0.25, -0.2) is 9.37 Å². The van der Waals surface area contributed by atoms with Gasteiger partial charge in [0, 0.05) is 17.7 Å². The molecule has 0 radical (unpaired) electrons. The van der Waals surface area contributed by atoms with Gasteiger partial charge in [0.2, 0.25) is 0 Å². The van der Waals surface area contributed by atoms with Crippen LogP contribution in [0.5, 0.6) is 0 Å². The highest BCUT2D eigenvalue weighted by Crippen LogP contribution is 2.31. The first kappa shape index (κ1) is 11.7. The number of nitrogens with two attached hydrogens (primary N) is 1. The van der Waals surface area contributed by atoms with Gasteiger partial charge in [-0.15, -0.1) is 0 Å². The van der Waals surface area contributed by atoms with Gasteiger partial charge in [0.05, 0.1) is 5.56 Å². The van der Waals surface area contributed by atoms with Crippen LogP contribution < -0.4 is 5.73 Å². The number of nitrogens with zero attached hydrogens (tertiary/aromatic N) is 3. The number of hydrogen-bond donors (Lipinski definition) is 1. The van der Waals surface area contributed by atoms with E-state index in [1.54, 1.807) is 0 Å². The van der Waals surface area contributed by atoms with Gasteiger partial charge in [-0.2, -0.15) is 22.5 Å². The molecule has 4 nitrogen and oxygen atoms in total. The second-order valence-electron chi connectivity index (χ2n) is 3.01. The first-order chi connectivity index (χ1) is 7.88. The highest BCUT2D eigenvalue weighted by atomic mass is 32.1. The molecule has 90 valence electrons. The number of rotatable bonds is 1. The number of pyridine rings is 1. The molecule has 17 heavy (non-hydrogen) atoms. The summed E-state index contributed by atoms with van der Waals surface area (Å²) in [5.74, 6) is -1.27. The Bertz CT molecular complexity index is 551. The zero-order chi connectivity index (χ0) is 12.6. The van der Waals surface area contributed by atoms with Gasteiger partial charge in [0.15, 0.2) is 16.8 Å². The zero-order valence-electron chi connectivity index (χ0n) is 7.99. The quantitative estimate of drug-likeness (QED) is 0.803. The van der Waals surface area contributed by atoms with E-state index in [1.165, 1.54) is 0 Å². The summed E-state index contributed by atoms with van der Waals surface area (Å²) in [6.45, 7) is 0. The first-order valence-electron chi connectivity index (χ1n) is 4.20. The largest absolute Gasteiger partial charge is 0.417 e. The minimum Gasteiger partial charge on any atom is -0.374 e. The third kappa shape index (κ3) is 2.33. The van der Waals surface area contributed by atoms with E-state index < -0.39 is 17.6 Å². The molecule has 2 rings (SSSR count). The Labute approximate surface area is 96.3 Å². The van der Waals surface area contributed by atoms with Crippen LogP contribution >= 0.6 is 11.5 Å². The predicted octanol–water partition coefficient (Wildman–Crippen LogP) is 2.34. The highest BCUT2D eigenvalue weighted by Gasteiger charge is 2.32. The Kier molecular flexibility index (Phi) is 2.69. The molecule has 0 aliphatic carbocycles. The van der Waals surface area contributed by atoms with Gasteiger partial charge < -0.3 is 5.73 Å². The standard InChI is InChI=1S/C8H4F4N4S/c9-4-1-3(8(10,11)12)2-14-5(4)6-15-7(13)17-16-6/h1-2H,(H2,13,15,16). The van der Waals surface area contributed by atoms with E-state index >= 15 is 0 Å². The molecule has 2 aromatic rings. The van der Waals surface area contributed by atoms with Crippen LogP contribution in [0, 0.1) is 5.82 Å². The van der Waals surface area contributed by atoms with Crippen molar-refractivity contribution in [3.63, 3.8) is 0 Å². The van der Waals surface area contributed by atoms with Crippen molar-refractivity contribution in [3.05, 3.63) is 23.6 Å². The van der Waals surface area contributed by atoms with Crippen molar-refractivity contribution in [1.29, 1.82) is 0 Å². The maximum Gasteiger partial charge on any atom is 0.417 e. The summed E-state index contributed by atoms with van der Waals surface area (Å²) in [6, 6.07) is 0.347. The Morgan fingerprint density at radius 1 is 1.29 bits per heavy atom. The summed E-state index contributed by atoms with van der Waals surface area (Å²) < 4.78 is 53.8. The molecule has 0 unspecified atom stereocenters. The molecule has 0 aliphatic heterocycles. The van der Waals surface area contributed by atoms with Gasteiger partial charge in [-0.05, 0) is 6.07 Å². The van der Waals surface area contributed by atoms with Crippen molar-refractivity contribution in [2.75, 3.05) is 5.73 Å². The SMILES string of the molecule is Nc1nc(-c2ncc(C(F)(F)F)cc2F)ns1. The minimum absolute atomic E-state index is 0.0843. The van der Waals surface area contributed by atoms with Crippen LogP contribution in [0.2, 0.25) is 0 Å². The maximum absolute atomic E-state index is 13.4. The Balaban J connectivity index is 2.45. The smallest absolute Gasteiger partial charge is 0.374 e. The van der Waals surface area contributed by atoms with E-state index in [9.17, 15) is 17.6 Å². The summed E-state index contributed by atoms with van der Waals surface area (Å²) in [5, 5.41) is 0.0843. The molecular weight excluding hydrogens is 260 g/mol. The molecule has 0 aromatic carbocycles. The molecule has 0 spiro atoms. The average molecular weight is 264 g/mol. The van der Waals surface area contributed by atoms with Crippen molar-refractivity contribution in [3.8, 4) is 11.5 Å². The number of halogens is 4. The third-order valence-corrected chi connectivity index (χ3v) is 2.36. The van der Waals surface area contributed by atoms with Gasteiger partial charge in [-0.1, -0.05) is 0 Å². The van der Waals surface area contributed by atoms with Gasteiger partial charge >= 0.3 is 6.18 Å². The molecule has 0 bridgehead atoms. The van der Waals surface area contributed by atoms with Gasteiger partial charge in [0.25, 0.3) is 0 Å². The van der Waals surface area contributed by atoms with Crippen LogP contribution in [0.25, 0.3) is 11.5 Å². The number of alkyl halides is 3. The second kappa shape index (κ2) is 3.91. The fourth-order valence-corrected chi connectivity index (χ4v) is 1.52. The summed E-state index contributed by atoms with van der Waals surface area (Å²) in [6.07, 6.45) is -4.11. The third-order valence-electron chi connectivity index (χ3n) is 1.82. The lowest BCUT2D eigenvalue weighted by Crippen LogP contribution is -2.07. The summed E-state index contributed by atoms with van der Waals surface area (Å²) in [5.41, 5.74) is 3.76. The molecule has 0 saturated carbocycles. The van der Waals surface area contributed by atoms with Gasteiger partial charge in [0.1, 0.15) is 5.69 Å². The van der Waals surface area contributed by atoms with Crippen molar-refractivity contribution in [2.45, 2.75) is 6.18 Å². The summed E-state index contributed by atoms with van der Waals surface area (Å²) in [4.78, 5) is 6.99. The molecule has 0 amide bonds. The van der Waals surface area contributed by atoms with Crippen molar-refractivity contribution >= 4 is 16.7 Å². The Morgan fingerprint density at radius 3 is 2.47 bits per heavy atom. The van der Waals surface area contributed by atoms with Gasteiger partial charge in [-0.3, -0.25) is 0 Å². The molecule has 2 aromatic heterocycles. The van der Waals surface area contributed by atoms with E-state index in [-0.39, 0.29) is 16.6 Å². The van der Waals surface area contributed by atoms with Crippen molar-refractivity contribution in [2.24, 2.45) is 0 Å². The first-order valence-corrected chi connectivity index (χ1v) is 4.97. The van der Waals surface area contributed by atoms with Crippen LogP contribution in [0.3, 0.4) is 0 Å². The fraction of sp³-hybridized carbons (Fsp3) is 0.125. The number of hydrogen-bond acceptors (Lipinski definition) is 5. The number of anilines is 1.